The van der Waals surface area contributed by atoms with Crippen LogP contribution in [0.1, 0.15) is 45.2 Å². The molecule has 8 heteroatoms. The number of carbonyl (C=O) groups excluding carboxylic acids is 1. The molecule has 0 saturated carbocycles. The van der Waals surface area contributed by atoms with Crippen molar-refractivity contribution in [3.63, 3.8) is 0 Å². The van der Waals surface area contributed by atoms with Gasteiger partial charge in [-0.15, -0.1) is 11.3 Å². The summed E-state index contributed by atoms with van der Waals surface area (Å²) >= 11 is 1.62. The second-order valence-electron chi connectivity index (χ2n) is 8.10. The Bertz CT molecular complexity index is 1040. The lowest BCUT2D eigenvalue weighted by molar-refractivity contribution is 0.0203. The van der Waals surface area contributed by atoms with Crippen molar-refractivity contribution in [2.45, 2.75) is 45.1 Å². The summed E-state index contributed by atoms with van der Waals surface area (Å²) in [5, 5.41) is 6.74. The number of aromatic amines is 1. The fraction of sp³-hybridized carbons (Fsp3) is 0.450. The lowest BCUT2D eigenvalue weighted by Crippen LogP contribution is -2.41. The summed E-state index contributed by atoms with van der Waals surface area (Å²) in [7, 11) is 0. The van der Waals surface area contributed by atoms with E-state index >= 15 is 0 Å². The number of thiophene rings is 1. The van der Waals surface area contributed by atoms with Gasteiger partial charge in [-0.25, -0.2) is 9.31 Å². The van der Waals surface area contributed by atoms with Crippen LogP contribution in [0, 0.1) is 0 Å². The number of H-pyrrole nitrogens is 1. The maximum Gasteiger partial charge on any atom is 0.410 e. The Morgan fingerprint density at radius 2 is 2.04 bits per heavy atom. The molecule has 1 saturated heterocycles. The highest BCUT2D eigenvalue weighted by molar-refractivity contribution is 7.13. The number of piperidine rings is 1. The Balaban J connectivity index is 1.57. The number of fused-ring (bicyclic) bond motifs is 1. The van der Waals surface area contributed by atoms with Gasteiger partial charge in [-0.2, -0.15) is 5.10 Å². The van der Waals surface area contributed by atoms with Crippen molar-refractivity contribution in [2.24, 2.45) is 0 Å². The van der Waals surface area contributed by atoms with E-state index in [4.69, 9.17) is 9.84 Å². The van der Waals surface area contributed by atoms with Crippen LogP contribution >= 0.6 is 11.3 Å². The number of carbonyl (C=O) groups is 1. The van der Waals surface area contributed by atoms with E-state index in [-0.39, 0.29) is 17.6 Å². The third-order valence-electron chi connectivity index (χ3n) is 4.82. The summed E-state index contributed by atoms with van der Waals surface area (Å²) in [5.74, 6) is 0.166. The zero-order valence-corrected chi connectivity index (χ0v) is 17.1. The van der Waals surface area contributed by atoms with E-state index in [0.717, 1.165) is 29.1 Å². The molecule has 1 N–H and O–H groups in total. The molecule has 4 heterocycles. The topological polar surface area (TPSA) is 79.7 Å². The predicted octanol–water partition coefficient (Wildman–Crippen LogP) is 3.87. The van der Waals surface area contributed by atoms with E-state index in [9.17, 15) is 9.59 Å². The number of ether oxygens (including phenoxy) is 1. The first-order valence-corrected chi connectivity index (χ1v) is 10.3. The van der Waals surface area contributed by atoms with Crippen LogP contribution in [0.15, 0.2) is 34.4 Å². The highest BCUT2D eigenvalue weighted by Gasteiger charge is 2.29. The first-order chi connectivity index (χ1) is 13.3. The number of likely N-dealkylation sites (tertiary alicyclic amines) is 1. The van der Waals surface area contributed by atoms with Gasteiger partial charge in [-0.3, -0.25) is 4.79 Å². The molecule has 1 amide bonds. The Morgan fingerprint density at radius 1 is 1.29 bits per heavy atom. The number of hydrogen-bond acceptors (Lipinski definition) is 5. The fourth-order valence-corrected chi connectivity index (χ4v) is 4.23. The van der Waals surface area contributed by atoms with Crippen molar-refractivity contribution < 1.29 is 9.53 Å². The van der Waals surface area contributed by atoms with Gasteiger partial charge in [-0.1, -0.05) is 6.07 Å². The van der Waals surface area contributed by atoms with E-state index in [1.54, 1.807) is 22.3 Å². The zero-order valence-electron chi connectivity index (χ0n) is 16.3. The molecule has 3 aromatic rings. The van der Waals surface area contributed by atoms with Crippen molar-refractivity contribution >= 4 is 23.1 Å². The van der Waals surface area contributed by atoms with Crippen LogP contribution < -0.4 is 5.56 Å². The normalized spacial score (nSPS) is 15.9. The molecule has 7 nitrogen and oxygen atoms in total. The van der Waals surface area contributed by atoms with Crippen molar-refractivity contribution in [1.82, 2.24) is 19.5 Å². The first-order valence-electron chi connectivity index (χ1n) is 9.45. The van der Waals surface area contributed by atoms with Crippen molar-refractivity contribution in [1.29, 1.82) is 0 Å². The molecular formula is C20H24N4O3S. The van der Waals surface area contributed by atoms with E-state index < -0.39 is 5.60 Å². The SMILES string of the molecule is CC(C)(C)OC(=O)N1CCC(c2cc(=O)[nH]c3cc(-c4cccs4)nn23)CC1. The summed E-state index contributed by atoms with van der Waals surface area (Å²) in [6.07, 6.45) is 1.26. The smallest absolute Gasteiger partial charge is 0.410 e. The Kier molecular flexibility index (Phi) is 4.74. The maximum absolute atomic E-state index is 12.3. The summed E-state index contributed by atoms with van der Waals surface area (Å²) in [4.78, 5) is 30.2. The van der Waals surface area contributed by atoms with Gasteiger partial charge in [-0.05, 0) is 45.1 Å². The van der Waals surface area contributed by atoms with Gasteiger partial charge in [0.15, 0.2) is 0 Å². The Hall–Kier alpha value is -2.61. The lowest BCUT2D eigenvalue weighted by atomic mass is 9.93. The van der Waals surface area contributed by atoms with Crippen LogP contribution in [-0.2, 0) is 4.74 Å². The summed E-state index contributed by atoms with van der Waals surface area (Å²) < 4.78 is 7.31. The second kappa shape index (κ2) is 7.09. The number of nitrogens with zero attached hydrogens (tertiary/aromatic N) is 3. The van der Waals surface area contributed by atoms with Gasteiger partial charge in [0.1, 0.15) is 16.9 Å². The molecule has 4 rings (SSSR count). The van der Waals surface area contributed by atoms with E-state index in [1.807, 2.05) is 48.9 Å². The zero-order chi connectivity index (χ0) is 19.9. The molecule has 0 atom stereocenters. The Labute approximate surface area is 166 Å². The minimum Gasteiger partial charge on any atom is -0.444 e. The highest BCUT2D eigenvalue weighted by Crippen LogP contribution is 2.30. The monoisotopic (exact) mass is 400 g/mol. The van der Waals surface area contributed by atoms with Gasteiger partial charge in [0.05, 0.1) is 10.6 Å². The van der Waals surface area contributed by atoms with Gasteiger partial charge in [0, 0.05) is 31.1 Å². The summed E-state index contributed by atoms with van der Waals surface area (Å²) in [6.45, 7) is 6.81. The fourth-order valence-electron chi connectivity index (χ4n) is 3.54. The third kappa shape index (κ3) is 3.82. The summed E-state index contributed by atoms with van der Waals surface area (Å²) in [5.41, 5.74) is 1.81. The molecule has 0 aromatic carbocycles. The van der Waals surface area contributed by atoms with Gasteiger partial charge >= 0.3 is 6.09 Å². The van der Waals surface area contributed by atoms with Crippen LogP contribution in [0.25, 0.3) is 16.2 Å². The van der Waals surface area contributed by atoms with Crippen molar-refractivity contribution in [3.05, 3.63) is 45.7 Å². The largest absolute Gasteiger partial charge is 0.444 e. The average Bonchev–Trinajstić information content (AvgIpc) is 3.29. The summed E-state index contributed by atoms with van der Waals surface area (Å²) in [6, 6.07) is 7.54. The number of hydrogen-bond donors (Lipinski definition) is 1. The van der Waals surface area contributed by atoms with Gasteiger partial charge < -0.3 is 14.6 Å². The number of amides is 1. The molecule has 28 heavy (non-hydrogen) atoms. The molecule has 0 aliphatic carbocycles. The van der Waals surface area contributed by atoms with Crippen molar-refractivity contribution in [2.75, 3.05) is 13.1 Å². The van der Waals surface area contributed by atoms with E-state index in [2.05, 4.69) is 4.98 Å². The number of aromatic nitrogens is 3. The lowest BCUT2D eigenvalue weighted by Gasteiger charge is -2.33. The van der Waals surface area contributed by atoms with E-state index in [0.29, 0.717) is 18.7 Å². The molecular weight excluding hydrogens is 376 g/mol. The Morgan fingerprint density at radius 3 is 2.68 bits per heavy atom. The van der Waals surface area contributed by atoms with Crippen molar-refractivity contribution in [3.8, 4) is 10.6 Å². The number of rotatable bonds is 2. The molecule has 1 aliphatic rings. The first kappa shape index (κ1) is 18.7. The average molecular weight is 401 g/mol. The predicted molar refractivity (Wildman–Crippen MR) is 109 cm³/mol. The number of nitrogens with one attached hydrogen (secondary N) is 1. The molecule has 0 unspecified atom stereocenters. The van der Waals surface area contributed by atoms with Crippen LogP contribution in [-0.4, -0.2) is 44.3 Å². The highest BCUT2D eigenvalue weighted by atomic mass is 32.1. The van der Waals surface area contributed by atoms with Gasteiger partial charge in [0.25, 0.3) is 5.56 Å². The van der Waals surface area contributed by atoms with Crippen LogP contribution in [0.3, 0.4) is 0 Å². The molecule has 0 spiro atoms. The molecule has 3 aromatic heterocycles. The van der Waals surface area contributed by atoms with E-state index in [1.165, 1.54) is 0 Å². The van der Waals surface area contributed by atoms with Crippen LogP contribution in [0.2, 0.25) is 0 Å². The maximum atomic E-state index is 12.3. The third-order valence-corrected chi connectivity index (χ3v) is 5.72. The van der Waals surface area contributed by atoms with Gasteiger partial charge in [0.2, 0.25) is 0 Å². The molecule has 0 bridgehead atoms. The quantitative estimate of drug-likeness (QED) is 0.708. The minimum atomic E-state index is -0.500. The molecule has 1 aliphatic heterocycles. The molecule has 0 radical (unpaired) electrons. The molecule has 1 fully saturated rings. The standard InChI is InChI=1S/C20H24N4O3S/c1-20(2,3)27-19(26)23-8-6-13(7-9-23)15-12-18(25)21-17-11-14(22-24(15)17)16-5-4-10-28-16/h4-5,10-13H,6-9H2,1-3H3,(H,21,25). The second-order valence-corrected chi connectivity index (χ2v) is 9.05. The minimum absolute atomic E-state index is 0.130. The van der Waals surface area contributed by atoms with Crippen LogP contribution in [0.5, 0.6) is 0 Å². The molecule has 148 valence electrons. The van der Waals surface area contributed by atoms with Crippen LogP contribution in [0.4, 0.5) is 4.79 Å².